The van der Waals surface area contributed by atoms with Gasteiger partial charge in [-0.05, 0) is 12.1 Å². The van der Waals surface area contributed by atoms with E-state index in [1.165, 1.54) is 0 Å². The highest BCUT2D eigenvalue weighted by molar-refractivity contribution is 6.32. The highest BCUT2D eigenvalue weighted by Crippen LogP contribution is 2.19. The number of nitrogens with zero attached hydrogens (tertiary/aromatic N) is 1. The molecule has 0 aliphatic carbocycles. The van der Waals surface area contributed by atoms with E-state index in [0.717, 1.165) is 27.9 Å². The molecular weight excluding hydrogens is 195 g/mol. The first-order valence-corrected chi connectivity index (χ1v) is 5.13. The zero-order chi connectivity index (χ0) is 11.0. The van der Waals surface area contributed by atoms with Crippen molar-refractivity contribution >= 4 is 24.3 Å². The van der Waals surface area contributed by atoms with Crippen LogP contribution in [-0.4, -0.2) is 17.8 Å². The van der Waals surface area contributed by atoms with Crippen molar-refractivity contribution in [1.29, 1.82) is 0 Å². The number of nitrogens with one attached hydrogen (secondary N) is 1. The lowest BCUT2D eigenvalue weighted by atomic mass is 9.95. The maximum Gasteiger partial charge on any atom is 0.138 e. The number of fused-ring (bicyclic) bond motifs is 1. The Bertz CT molecular complexity index is 593. The summed E-state index contributed by atoms with van der Waals surface area (Å²) in [6.45, 7) is 0. The van der Waals surface area contributed by atoms with Crippen molar-refractivity contribution in [3.05, 3.63) is 48.5 Å². The predicted molar refractivity (Wildman–Crippen MR) is 66.9 cm³/mol. The van der Waals surface area contributed by atoms with E-state index in [-0.39, 0.29) is 0 Å². The van der Waals surface area contributed by atoms with Crippen molar-refractivity contribution in [2.24, 2.45) is 0 Å². The molecule has 0 saturated heterocycles. The summed E-state index contributed by atoms with van der Waals surface area (Å²) in [6, 6.07) is 15.7. The van der Waals surface area contributed by atoms with E-state index in [1.807, 2.05) is 48.5 Å². The number of aromatic nitrogens is 2. The third kappa shape index (κ3) is 1.50. The highest BCUT2D eigenvalue weighted by atomic mass is 14.9. The monoisotopic (exact) mass is 204 g/mol. The second kappa shape index (κ2) is 3.52. The van der Waals surface area contributed by atoms with Gasteiger partial charge in [0.05, 0.1) is 11.0 Å². The quantitative estimate of drug-likeness (QED) is 0.603. The standard InChI is InChI=1S/C13H9BN2/c14-10-7-5-9(6-8-10)13-15-11-3-1-2-4-12(11)16-13/h1-8H,(H,15,16). The third-order valence-electron chi connectivity index (χ3n) is 2.57. The fourth-order valence-corrected chi connectivity index (χ4v) is 1.73. The first-order chi connectivity index (χ1) is 7.83. The molecule has 0 aliphatic heterocycles. The van der Waals surface area contributed by atoms with Crippen LogP contribution in [0.25, 0.3) is 22.4 Å². The van der Waals surface area contributed by atoms with Crippen LogP contribution in [0, 0.1) is 0 Å². The second-order valence-corrected chi connectivity index (χ2v) is 3.72. The summed E-state index contributed by atoms with van der Waals surface area (Å²) in [4.78, 5) is 7.80. The predicted octanol–water partition coefficient (Wildman–Crippen LogP) is 2.02. The largest absolute Gasteiger partial charge is 0.338 e. The van der Waals surface area contributed by atoms with E-state index in [9.17, 15) is 0 Å². The number of benzene rings is 2. The molecule has 2 aromatic carbocycles. The van der Waals surface area contributed by atoms with Crippen LogP contribution < -0.4 is 5.46 Å². The molecule has 3 aromatic rings. The average Bonchev–Trinajstić information content (AvgIpc) is 2.73. The summed E-state index contributed by atoms with van der Waals surface area (Å²) >= 11 is 0. The molecule has 0 unspecified atom stereocenters. The highest BCUT2D eigenvalue weighted by Gasteiger charge is 2.03. The van der Waals surface area contributed by atoms with Crippen LogP contribution in [0.15, 0.2) is 48.5 Å². The van der Waals surface area contributed by atoms with Crippen molar-refractivity contribution in [3.8, 4) is 11.4 Å². The molecule has 0 saturated carbocycles. The number of hydrogen-bond acceptors (Lipinski definition) is 1. The Hall–Kier alpha value is -2.03. The molecule has 0 spiro atoms. The molecule has 3 heteroatoms. The SMILES string of the molecule is [B]c1ccc(-c2nc3ccccc3[nH]2)cc1. The molecule has 2 radical (unpaired) electrons. The van der Waals surface area contributed by atoms with Crippen molar-refractivity contribution < 1.29 is 0 Å². The zero-order valence-electron chi connectivity index (χ0n) is 8.64. The first-order valence-electron chi connectivity index (χ1n) is 5.13. The van der Waals surface area contributed by atoms with Gasteiger partial charge in [0.25, 0.3) is 0 Å². The lowest BCUT2D eigenvalue weighted by Crippen LogP contribution is -1.99. The van der Waals surface area contributed by atoms with Crippen molar-refractivity contribution in [3.63, 3.8) is 0 Å². The van der Waals surface area contributed by atoms with Gasteiger partial charge in [0, 0.05) is 5.56 Å². The van der Waals surface area contributed by atoms with E-state index >= 15 is 0 Å². The Morgan fingerprint density at radius 3 is 2.44 bits per heavy atom. The van der Waals surface area contributed by atoms with E-state index in [4.69, 9.17) is 7.85 Å². The third-order valence-corrected chi connectivity index (χ3v) is 2.57. The van der Waals surface area contributed by atoms with Gasteiger partial charge in [-0.1, -0.05) is 41.9 Å². The lowest BCUT2D eigenvalue weighted by Gasteiger charge is -1.96. The number of para-hydroxylation sites is 2. The Kier molecular flexibility index (Phi) is 2.03. The first kappa shape index (κ1) is 9.22. The fourth-order valence-electron chi connectivity index (χ4n) is 1.73. The van der Waals surface area contributed by atoms with Crippen LogP contribution >= 0.6 is 0 Å². The normalized spacial score (nSPS) is 10.8. The van der Waals surface area contributed by atoms with Gasteiger partial charge < -0.3 is 4.98 Å². The Balaban J connectivity index is 2.15. The number of H-pyrrole nitrogens is 1. The maximum atomic E-state index is 5.65. The Morgan fingerprint density at radius 2 is 1.69 bits per heavy atom. The molecule has 0 atom stereocenters. The molecule has 1 heterocycles. The van der Waals surface area contributed by atoms with Gasteiger partial charge in [0.15, 0.2) is 0 Å². The number of hydrogen-bond donors (Lipinski definition) is 1. The minimum atomic E-state index is 0.764. The van der Waals surface area contributed by atoms with Gasteiger partial charge in [-0.2, -0.15) is 0 Å². The van der Waals surface area contributed by atoms with Crippen molar-refractivity contribution in [2.75, 3.05) is 0 Å². The molecule has 0 fully saturated rings. The number of rotatable bonds is 1. The summed E-state index contributed by atoms with van der Waals surface area (Å²) < 4.78 is 0. The number of aromatic amines is 1. The van der Waals surface area contributed by atoms with E-state index in [0.29, 0.717) is 0 Å². The van der Waals surface area contributed by atoms with Crippen LogP contribution in [0.5, 0.6) is 0 Å². The summed E-state index contributed by atoms with van der Waals surface area (Å²) in [6.07, 6.45) is 0. The van der Waals surface area contributed by atoms with Gasteiger partial charge in [0.2, 0.25) is 0 Å². The van der Waals surface area contributed by atoms with E-state index in [1.54, 1.807) is 0 Å². The smallest absolute Gasteiger partial charge is 0.138 e. The van der Waals surface area contributed by atoms with E-state index < -0.39 is 0 Å². The molecule has 16 heavy (non-hydrogen) atoms. The van der Waals surface area contributed by atoms with Crippen LogP contribution in [0.3, 0.4) is 0 Å². The van der Waals surface area contributed by atoms with Crippen molar-refractivity contribution in [2.45, 2.75) is 0 Å². The summed E-state index contributed by atoms with van der Waals surface area (Å²) in [5.74, 6) is 0.876. The van der Waals surface area contributed by atoms with Gasteiger partial charge in [0.1, 0.15) is 13.7 Å². The fraction of sp³-hybridized carbons (Fsp3) is 0. The van der Waals surface area contributed by atoms with Crippen LogP contribution in [-0.2, 0) is 0 Å². The summed E-state index contributed by atoms with van der Waals surface area (Å²) in [5, 5.41) is 0. The summed E-state index contributed by atoms with van der Waals surface area (Å²) in [5.41, 5.74) is 3.84. The minimum absolute atomic E-state index is 0.764. The van der Waals surface area contributed by atoms with Gasteiger partial charge >= 0.3 is 0 Å². The lowest BCUT2D eigenvalue weighted by molar-refractivity contribution is 1.34. The molecule has 1 N–H and O–H groups in total. The average molecular weight is 204 g/mol. The van der Waals surface area contributed by atoms with Gasteiger partial charge in [-0.25, -0.2) is 4.98 Å². The van der Waals surface area contributed by atoms with Crippen LogP contribution in [0.2, 0.25) is 0 Å². The molecule has 1 aromatic heterocycles. The van der Waals surface area contributed by atoms with Crippen LogP contribution in [0.4, 0.5) is 0 Å². The molecule has 0 amide bonds. The van der Waals surface area contributed by atoms with E-state index in [2.05, 4.69) is 9.97 Å². The molecule has 74 valence electrons. The maximum absolute atomic E-state index is 5.65. The van der Waals surface area contributed by atoms with Crippen molar-refractivity contribution in [1.82, 2.24) is 9.97 Å². The Labute approximate surface area is 94.8 Å². The topological polar surface area (TPSA) is 28.7 Å². The molecule has 3 rings (SSSR count). The van der Waals surface area contributed by atoms with Crippen LogP contribution in [0.1, 0.15) is 0 Å². The molecule has 0 bridgehead atoms. The Morgan fingerprint density at radius 1 is 0.938 bits per heavy atom. The molecule has 2 nitrogen and oxygen atoms in total. The second-order valence-electron chi connectivity index (χ2n) is 3.72. The minimum Gasteiger partial charge on any atom is -0.338 e. The molecular formula is C13H9BN2. The zero-order valence-corrected chi connectivity index (χ0v) is 8.64. The summed E-state index contributed by atoms with van der Waals surface area (Å²) in [7, 11) is 5.65. The van der Waals surface area contributed by atoms with Gasteiger partial charge in [-0.3, -0.25) is 0 Å². The van der Waals surface area contributed by atoms with Gasteiger partial charge in [-0.15, -0.1) is 0 Å². The molecule has 0 aliphatic rings. The number of imidazole rings is 1.